The van der Waals surface area contributed by atoms with Gasteiger partial charge in [-0.05, 0) is 50.0 Å². The van der Waals surface area contributed by atoms with Gasteiger partial charge in [-0.15, -0.1) is 24.8 Å². The number of rotatable bonds is 3. The summed E-state index contributed by atoms with van der Waals surface area (Å²) in [5.41, 5.74) is 2.22. The first-order chi connectivity index (χ1) is 13.2. The number of benzene rings is 1. The predicted molar refractivity (Wildman–Crippen MR) is 112 cm³/mol. The van der Waals surface area contributed by atoms with E-state index < -0.39 is 0 Å². The van der Waals surface area contributed by atoms with E-state index in [0.717, 1.165) is 61.3 Å². The molecule has 156 valence electrons. The number of carbonyl (C=O) groups excluding carboxylic acids is 1. The van der Waals surface area contributed by atoms with E-state index in [0.29, 0.717) is 23.8 Å². The number of ketones is 1. The second-order valence-corrected chi connectivity index (χ2v) is 7.74. The molecule has 0 N–H and O–H groups in total. The molecule has 1 aliphatic heterocycles. The Morgan fingerprint density at radius 1 is 1.14 bits per heavy atom. The van der Waals surface area contributed by atoms with Gasteiger partial charge in [-0.3, -0.25) is 4.79 Å². The van der Waals surface area contributed by atoms with Gasteiger partial charge < -0.3 is 13.8 Å². The Morgan fingerprint density at radius 3 is 2.72 bits per heavy atom. The summed E-state index contributed by atoms with van der Waals surface area (Å²) in [6.07, 6.45) is 5.04. The highest BCUT2D eigenvalue weighted by Gasteiger charge is 2.31. The van der Waals surface area contributed by atoms with Crippen LogP contribution in [0, 0.1) is 11.7 Å². The average molecular weight is 441 g/mol. The number of piperidine rings is 1. The third-order valence-electron chi connectivity index (χ3n) is 5.95. The molecule has 0 radical (unpaired) electrons. The molecule has 0 bridgehead atoms. The fourth-order valence-corrected chi connectivity index (χ4v) is 4.56. The zero-order chi connectivity index (χ0) is 18.4. The highest BCUT2D eigenvalue weighted by molar-refractivity contribution is 5.98. The first-order valence-corrected chi connectivity index (χ1v) is 9.54. The number of nitrogens with zero attached hydrogens (tertiary/aromatic N) is 2. The first kappa shape index (κ1) is 21.8. The van der Waals surface area contributed by atoms with Gasteiger partial charge in [-0.2, -0.15) is 0 Å². The summed E-state index contributed by atoms with van der Waals surface area (Å²) in [5.74, 6) is 1.39. The van der Waals surface area contributed by atoms with Crippen LogP contribution < -0.4 is 0 Å². The van der Waals surface area contributed by atoms with Crippen molar-refractivity contribution >= 4 is 41.6 Å². The molecule has 1 aromatic carbocycles. The van der Waals surface area contributed by atoms with Crippen molar-refractivity contribution in [2.75, 3.05) is 19.6 Å². The van der Waals surface area contributed by atoms with Crippen molar-refractivity contribution in [3.05, 3.63) is 53.4 Å². The van der Waals surface area contributed by atoms with Crippen LogP contribution in [0.15, 0.2) is 39.5 Å². The normalized spacial score (nSPS) is 20.2. The summed E-state index contributed by atoms with van der Waals surface area (Å²) < 4.78 is 24.1. The number of halogens is 3. The van der Waals surface area contributed by atoms with Crippen LogP contribution in [0.3, 0.4) is 0 Å². The molecule has 1 fully saturated rings. The quantitative estimate of drug-likeness (QED) is 0.571. The summed E-state index contributed by atoms with van der Waals surface area (Å²) in [4.78, 5) is 14.7. The largest absolute Gasteiger partial charge is 0.469 e. The Labute approximate surface area is 180 Å². The molecule has 1 saturated heterocycles. The molecule has 0 saturated carbocycles. The first-order valence-electron chi connectivity index (χ1n) is 9.54. The van der Waals surface area contributed by atoms with Crippen LogP contribution in [-0.2, 0) is 6.42 Å². The number of furan rings is 1. The van der Waals surface area contributed by atoms with Gasteiger partial charge in [0.05, 0.1) is 17.5 Å². The van der Waals surface area contributed by atoms with Gasteiger partial charge in [0.2, 0.25) is 0 Å². The Bertz CT molecular complexity index is 995. The molecule has 5 rings (SSSR count). The molecule has 2 aromatic heterocycles. The molecule has 1 atom stereocenters. The zero-order valence-corrected chi connectivity index (χ0v) is 17.4. The van der Waals surface area contributed by atoms with E-state index in [1.54, 1.807) is 18.4 Å². The topological polar surface area (TPSA) is 59.5 Å². The number of aromatic nitrogens is 1. The summed E-state index contributed by atoms with van der Waals surface area (Å²) >= 11 is 0. The van der Waals surface area contributed by atoms with Crippen LogP contribution in [0.25, 0.3) is 11.0 Å². The SMILES string of the molecule is Cl.Cl.O=C1C[C@@H](CN2CCC(c3noc4cc(F)ccc34)CC2)Cc2occc21. The minimum absolute atomic E-state index is 0. The Balaban J connectivity index is 0.00000120. The lowest BCUT2D eigenvalue weighted by Gasteiger charge is -2.34. The Morgan fingerprint density at radius 2 is 1.93 bits per heavy atom. The molecule has 29 heavy (non-hydrogen) atoms. The number of Topliss-reactive ketones (excluding diaryl/α,β-unsaturated/α-hetero) is 1. The average Bonchev–Trinajstić information content (AvgIpc) is 3.29. The van der Waals surface area contributed by atoms with Crippen molar-refractivity contribution in [2.45, 2.75) is 31.6 Å². The summed E-state index contributed by atoms with van der Waals surface area (Å²) in [5, 5.41) is 5.13. The third kappa shape index (κ3) is 4.20. The third-order valence-corrected chi connectivity index (χ3v) is 5.95. The number of hydrogen-bond donors (Lipinski definition) is 0. The van der Waals surface area contributed by atoms with E-state index >= 15 is 0 Å². The lowest BCUT2D eigenvalue weighted by atomic mass is 9.86. The van der Waals surface area contributed by atoms with E-state index in [4.69, 9.17) is 8.94 Å². The molecular weight excluding hydrogens is 418 g/mol. The Hall–Kier alpha value is -1.89. The van der Waals surface area contributed by atoms with Crippen molar-refractivity contribution < 1.29 is 18.1 Å². The molecule has 0 amide bonds. The standard InChI is InChI=1S/C21H21FN2O3.2ClH/c22-15-1-2-17-20(11-15)27-23-21(17)14-3-6-24(7-4-14)12-13-9-18(25)16-5-8-26-19(16)10-13;;/h1-2,5,8,11,13-14H,3-4,6-7,9-10,12H2;2*1H/t13-;;/m1../s1. The minimum atomic E-state index is -0.304. The van der Waals surface area contributed by atoms with Crippen LogP contribution in [0.5, 0.6) is 0 Å². The van der Waals surface area contributed by atoms with Crippen molar-refractivity contribution in [1.29, 1.82) is 0 Å². The molecule has 5 nitrogen and oxygen atoms in total. The lowest BCUT2D eigenvalue weighted by molar-refractivity contribution is 0.0914. The molecule has 0 spiro atoms. The van der Waals surface area contributed by atoms with Crippen LogP contribution in [0.4, 0.5) is 4.39 Å². The maximum Gasteiger partial charge on any atom is 0.170 e. The number of hydrogen-bond acceptors (Lipinski definition) is 5. The van der Waals surface area contributed by atoms with Crippen LogP contribution >= 0.6 is 24.8 Å². The monoisotopic (exact) mass is 440 g/mol. The molecule has 2 aliphatic rings. The molecule has 3 aromatic rings. The predicted octanol–water partition coefficient (Wildman–Crippen LogP) is 5.03. The van der Waals surface area contributed by atoms with Crippen molar-refractivity contribution in [3.63, 3.8) is 0 Å². The van der Waals surface area contributed by atoms with Gasteiger partial charge >= 0.3 is 0 Å². The van der Waals surface area contributed by atoms with Crippen molar-refractivity contribution in [3.8, 4) is 0 Å². The zero-order valence-electron chi connectivity index (χ0n) is 15.8. The molecule has 8 heteroatoms. The molecular formula is C21H23Cl2FN2O3. The van der Waals surface area contributed by atoms with Gasteiger partial charge in [-0.1, -0.05) is 5.16 Å². The second kappa shape index (κ2) is 8.86. The molecule has 0 unspecified atom stereocenters. The van der Waals surface area contributed by atoms with E-state index in [1.807, 2.05) is 0 Å². The molecule has 1 aliphatic carbocycles. The minimum Gasteiger partial charge on any atom is -0.469 e. The van der Waals surface area contributed by atoms with Gasteiger partial charge in [0.25, 0.3) is 0 Å². The van der Waals surface area contributed by atoms with Crippen molar-refractivity contribution in [1.82, 2.24) is 10.1 Å². The lowest BCUT2D eigenvalue weighted by Crippen LogP contribution is -2.38. The highest BCUT2D eigenvalue weighted by Crippen LogP contribution is 2.34. The van der Waals surface area contributed by atoms with Crippen LogP contribution in [0.1, 0.15) is 47.0 Å². The van der Waals surface area contributed by atoms with Crippen molar-refractivity contribution in [2.24, 2.45) is 5.92 Å². The van der Waals surface area contributed by atoms with E-state index in [1.165, 1.54) is 12.1 Å². The van der Waals surface area contributed by atoms with E-state index in [-0.39, 0.29) is 36.4 Å². The van der Waals surface area contributed by atoms with Gasteiger partial charge in [0.1, 0.15) is 11.6 Å². The molecule has 3 heterocycles. The smallest absolute Gasteiger partial charge is 0.170 e. The highest BCUT2D eigenvalue weighted by atomic mass is 35.5. The number of carbonyl (C=O) groups is 1. The van der Waals surface area contributed by atoms with Gasteiger partial charge in [0, 0.05) is 36.8 Å². The van der Waals surface area contributed by atoms with Gasteiger partial charge in [-0.25, -0.2) is 4.39 Å². The van der Waals surface area contributed by atoms with Gasteiger partial charge in [0.15, 0.2) is 11.4 Å². The number of fused-ring (bicyclic) bond motifs is 2. The fraction of sp³-hybridized carbons (Fsp3) is 0.429. The maximum absolute atomic E-state index is 13.3. The van der Waals surface area contributed by atoms with E-state index in [2.05, 4.69) is 10.1 Å². The van der Waals surface area contributed by atoms with Crippen LogP contribution in [0.2, 0.25) is 0 Å². The summed E-state index contributed by atoms with van der Waals surface area (Å²) in [6.45, 7) is 2.86. The summed E-state index contributed by atoms with van der Waals surface area (Å²) in [6, 6.07) is 6.40. The second-order valence-electron chi connectivity index (χ2n) is 7.74. The summed E-state index contributed by atoms with van der Waals surface area (Å²) in [7, 11) is 0. The fourth-order valence-electron chi connectivity index (χ4n) is 4.56. The number of likely N-dealkylation sites (tertiary alicyclic amines) is 1. The van der Waals surface area contributed by atoms with Crippen LogP contribution in [-0.4, -0.2) is 35.5 Å². The Kier molecular flexibility index (Phi) is 6.66. The van der Waals surface area contributed by atoms with E-state index in [9.17, 15) is 9.18 Å². The maximum atomic E-state index is 13.3.